The second-order valence-electron chi connectivity index (χ2n) is 9.36. The highest BCUT2D eigenvalue weighted by Crippen LogP contribution is 2.16. The molecule has 0 bridgehead atoms. The second kappa shape index (κ2) is 14.6. The van der Waals surface area contributed by atoms with E-state index in [1.165, 1.54) is 11.3 Å². The SMILES string of the molecule is CN(C)c1ccc(CN(CCCn2ccnc2)Cc2nccn2C)cc1.O=C(O)CC(O)(CC(=O)O)C(=O)O. The van der Waals surface area contributed by atoms with Gasteiger partial charge in [-0.15, -0.1) is 0 Å². The minimum Gasteiger partial charge on any atom is -0.481 e. The van der Waals surface area contributed by atoms with Crippen LogP contribution in [0.1, 0.15) is 30.7 Å². The van der Waals surface area contributed by atoms with E-state index >= 15 is 0 Å². The smallest absolute Gasteiger partial charge is 0.336 e. The van der Waals surface area contributed by atoms with Crippen LogP contribution >= 0.6 is 0 Å². The molecule has 39 heavy (non-hydrogen) atoms. The number of aliphatic hydroxyl groups is 1. The van der Waals surface area contributed by atoms with Crippen LogP contribution in [0, 0.1) is 0 Å². The van der Waals surface area contributed by atoms with Gasteiger partial charge in [-0.2, -0.15) is 0 Å². The zero-order valence-electron chi connectivity index (χ0n) is 22.3. The van der Waals surface area contributed by atoms with Crippen molar-refractivity contribution in [2.75, 3.05) is 25.5 Å². The van der Waals surface area contributed by atoms with Crippen molar-refractivity contribution in [3.8, 4) is 0 Å². The first-order valence-electron chi connectivity index (χ1n) is 12.2. The number of hydrogen-bond donors (Lipinski definition) is 4. The highest BCUT2D eigenvalue weighted by Gasteiger charge is 2.40. The monoisotopic (exact) mass is 544 g/mol. The first-order chi connectivity index (χ1) is 18.4. The third kappa shape index (κ3) is 10.6. The maximum atomic E-state index is 10.3. The molecule has 212 valence electrons. The number of aliphatic carboxylic acids is 3. The Morgan fingerprint density at radius 3 is 2.05 bits per heavy atom. The number of carbonyl (C=O) groups is 3. The van der Waals surface area contributed by atoms with Crippen molar-refractivity contribution in [2.45, 2.75) is 44.5 Å². The summed E-state index contributed by atoms with van der Waals surface area (Å²) in [5.41, 5.74) is -0.186. The van der Waals surface area contributed by atoms with E-state index in [4.69, 9.17) is 20.4 Å². The molecule has 3 rings (SSSR count). The van der Waals surface area contributed by atoms with Gasteiger partial charge in [0.25, 0.3) is 0 Å². The fourth-order valence-corrected chi connectivity index (χ4v) is 3.73. The zero-order chi connectivity index (χ0) is 29.0. The first-order valence-corrected chi connectivity index (χ1v) is 12.2. The number of aromatic nitrogens is 4. The fraction of sp³-hybridized carbons (Fsp3) is 0.423. The number of benzene rings is 1. The molecule has 2 aromatic heterocycles. The average Bonchev–Trinajstić information content (AvgIpc) is 3.50. The van der Waals surface area contributed by atoms with Crippen molar-refractivity contribution in [1.29, 1.82) is 0 Å². The van der Waals surface area contributed by atoms with E-state index in [1.54, 1.807) is 0 Å². The topological polar surface area (TPSA) is 174 Å². The molecule has 0 aliphatic rings. The van der Waals surface area contributed by atoms with Crippen molar-refractivity contribution < 1.29 is 34.8 Å². The van der Waals surface area contributed by atoms with Gasteiger partial charge < -0.3 is 34.5 Å². The van der Waals surface area contributed by atoms with Gasteiger partial charge in [0.15, 0.2) is 5.60 Å². The number of carboxylic acid groups (broad SMARTS) is 3. The normalized spacial score (nSPS) is 11.1. The molecule has 0 aliphatic heterocycles. The summed E-state index contributed by atoms with van der Waals surface area (Å²) in [6.45, 7) is 3.77. The number of imidazole rings is 2. The first kappa shape index (κ1) is 31.0. The summed E-state index contributed by atoms with van der Waals surface area (Å²) < 4.78 is 4.23. The van der Waals surface area contributed by atoms with Crippen LogP contribution in [0.15, 0.2) is 55.4 Å². The molecule has 3 aromatic rings. The van der Waals surface area contributed by atoms with Crippen LogP contribution in [0.4, 0.5) is 5.69 Å². The fourth-order valence-electron chi connectivity index (χ4n) is 3.73. The van der Waals surface area contributed by atoms with Crippen LogP contribution in [0.5, 0.6) is 0 Å². The minimum absolute atomic E-state index is 0.850. The summed E-state index contributed by atoms with van der Waals surface area (Å²) >= 11 is 0. The van der Waals surface area contributed by atoms with E-state index in [-0.39, 0.29) is 0 Å². The van der Waals surface area contributed by atoms with Crippen LogP contribution in [-0.4, -0.2) is 88.6 Å². The summed E-state index contributed by atoms with van der Waals surface area (Å²) in [7, 11) is 6.19. The molecular formula is C26H36N6O7. The molecular weight excluding hydrogens is 508 g/mol. The van der Waals surface area contributed by atoms with Crippen molar-refractivity contribution in [3.63, 3.8) is 0 Å². The van der Waals surface area contributed by atoms with E-state index in [1.807, 2.05) is 31.1 Å². The lowest BCUT2D eigenvalue weighted by molar-refractivity contribution is -0.170. The molecule has 2 heterocycles. The van der Waals surface area contributed by atoms with Gasteiger partial charge in [0.1, 0.15) is 5.82 Å². The average molecular weight is 545 g/mol. The molecule has 0 unspecified atom stereocenters. The lowest BCUT2D eigenvalue weighted by Gasteiger charge is -2.23. The second-order valence-corrected chi connectivity index (χ2v) is 9.36. The van der Waals surface area contributed by atoms with Gasteiger partial charge in [-0.05, 0) is 24.1 Å². The van der Waals surface area contributed by atoms with E-state index in [0.717, 1.165) is 38.4 Å². The summed E-state index contributed by atoms with van der Waals surface area (Å²) in [6.07, 6.45) is 8.39. The third-order valence-electron chi connectivity index (χ3n) is 5.88. The Bertz CT molecular complexity index is 1180. The van der Waals surface area contributed by atoms with E-state index < -0.39 is 36.4 Å². The summed E-state index contributed by atoms with van der Waals surface area (Å²) in [6, 6.07) is 8.80. The van der Waals surface area contributed by atoms with Gasteiger partial charge in [0.2, 0.25) is 0 Å². The number of hydrogen-bond acceptors (Lipinski definition) is 8. The molecule has 13 nitrogen and oxygen atoms in total. The molecule has 1 aromatic carbocycles. The van der Waals surface area contributed by atoms with Gasteiger partial charge >= 0.3 is 17.9 Å². The van der Waals surface area contributed by atoms with Gasteiger partial charge in [-0.25, -0.2) is 14.8 Å². The molecule has 0 aliphatic carbocycles. The Kier molecular flexibility index (Phi) is 11.6. The Hall–Kier alpha value is -4.23. The molecule has 0 amide bonds. The molecule has 0 saturated heterocycles. The largest absolute Gasteiger partial charge is 0.481 e. The quantitative estimate of drug-likeness (QED) is 0.232. The standard InChI is InChI=1S/C20H28N6.C6H8O7/c1-23(2)19-7-5-18(6-8-19)15-26(16-20-22-10-13-24(20)3)12-4-11-25-14-9-21-17-25;7-3(8)1-6(13,5(11)12)2-4(9)10/h5-10,13-14,17H,4,11-12,15-16H2,1-3H3;13H,1-2H2,(H,7,8)(H,9,10)(H,11,12). The Labute approximate surface area is 226 Å². The van der Waals surface area contributed by atoms with E-state index in [9.17, 15) is 14.4 Å². The van der Waals surface area contributed by atoms with E-state index in [2.05, 4.69) is 74.3 Å². The highest BCUT2D eigenvalue weighted by atomic mass is 16.4. The molecule has 13 heteroatoms. The van der Waals surface area contributed by atoms with Crippen molar-refractivity contribution in [3.05, 3.63) is 66.8 Å². The Morgan fingerprint density at radius 2 is 1.59 bits per heavy atom. The van der Waals surface area contributed by atoms with Crippen LogP contribution < -0.4 is 4.90 Å². The summed E-state index contributed by atoms with van der Waals surface area (Å²) in [5.74, 6) is -3.92. The third-order valence-corrected chi connectivity index (χ3v) is 5.88. The lowest BCUT2D eigenvalue weighted by atomic mass is 9.96. The number of rotatable bonds is 14. The predicted octanol–water partition coefficient (Wildman–Crippen LogP) is 1.53. The van der Waals surface area contributed by atoms with Crippen LogP contribution in [0.25, 0.3) is 0 Å². The van der Waals surface area contributed by atoms with Crippen molar-refractivity contribution in [1.82, 2.24) is 24.0 Å². The van der Waals surface area contributed by atoms with Gasteiger partial charge in [0, 0.05) is 71.3 Å². The highest BCUT2D eigenvalue weighted by molar-refractivity contribution is 5.88. The van der Waals surface area contributed by atoms with E-state index in [0.29, 0.717) is 0 Å². The van der Waals surface area contributed by atoms with Gasteiger partial charge in [0.05, 0.1) is 25.7 Å². The number of carboxylic acids is 3. The lowest BCUT2D eigenvalue weighted by Crippen LogP contribution is -2.42. The van der Waals surface area contributed by atoms with Crippen LogP contribution in [-0.2, 0) is 41.1 Å². The molecule has 0 fully saturated rings. The van der Waals surface area contributed by atoms with Crippen LogP contribution in [0.3, 0.4) is 0 Å². The summed E-state index contributed by atoms with van der Waals surface area (Å²) in [4.78, 5) is 43.7. The predicted molar refractivity (Wildman–Crippen MR) is 142 cm³/mol. The van der Waals surface area contributed by atoms with Crippen molar-refractivity contribution in [2.24, 2.45) is 7.05 Å². The van der Waals surface area contributed by atoms with Crippen molar-refractivity contribution >= 4 is 23.6 Å². The molecule has 0 spiro atoms. The number of nitrogens with zero attached hydrogens (tertiary/aromatic N) is 6. The molecule has 0 atom stereocenters. The maximum Gasteiger partial charge on any atom is 0.336 e. The number of anilines is 1. The number of aryl methyl sites for hydroxylation is 2. The molecule has 0 radical (unpaired) electrons. The zero-order valence-corrected chi connectivity index (χ0v) is 22.3. The molecule has 0 saturated carbocycles. The minimum atomic E-state index is -2.74. The van der Waals surface area contributed by atoms with Gasteiger partial charge in [-0.1, -0.05) is 12.1 Å². The maximum absolute atomic E-state index is 10.3. The van der Waals surface area contributed by atoms with Crippen LogP contribution in [0.2, 0.25) is 0 Å². The molecule has 4 N–H and O–H groups in total. The van der Waals surface area contributed by atoms with Gasteiger partial charge in [-0.3, -0.25) is 14.5 Å². The Balaban J connectivity index is 0.000000349. The summed E-state index contributed by atoms with van der Waals surface area (Å²) in [5, 5.41) is 33.8. The Morgan fingerprint density at radius 1 is 0.949 bits per heavy atom.